The molecule has 2 rings (SSSR count). The van der Waals surface area contributed by atoms with E-state index in [-0.39, 0.29) is 0 Å². The molecular formula is C14H6F6O. The second kappa shape index (κ2) is 5.23. The Hall–Kier alpha value is -2.31. The third kappa shape index (κ3) is 3.07. The van der Waals surface area contributed by atoms with Gasteiger partial charge in [0, 0.05) is 6.07 Å². The van der Waals surface area contributed by atoms with Gasteiger partial charge in [-0.3, -0.25) is 4.79 Å². The molecule has 0 radical (unpaired) electrons. The summed E-state index contributed by atoms with van der Waals surface area (Å²) in [6.07, 6.45) is -4.77. The maximum absolute atomic E-state index is 13.5. The van der Waals surface area contributed by atoms with E-state index in [2.05, 4.69) is 0 Å². The van der Waals surface area contributed by atoms with Gasteiger partial charge in [-0.15, -0.1) is 0 Å². The zero-order valence-electron chi connectivity index (χ0n) is 10.1. The molecule has 0 fully saturated rings. The summed E-state index contributed by atoms with van der Waals surface area (Å²) in [5, 5.41) is 0. The molecule has 110 valence electrons. The molecule has 0 saturated carbocycles. The van der Waals surface area contributed by atoms with Gasteiger partial charge in [0.15, 0.2) is 5.78 Å². The summed E-state index contributed by atoms with van der Waals surface area (Å²) in [7, 11) is 0. The molecule has 0 N–H and O–H groups in total. The van der Waals surface area contributed by atoms with Crippen molar-refractivity contribution in [2.24, 2.45) is 0 Å². The number of carbonyl (C=O) groups excluding carboxylic acids is 1. The van der Waals surface area contributed by atoms with E-state index in [1.54, 1.807) is 0 Å². The van der Waals surface area contributed by atoms with E-state index in [0.717, 1.165) is 12.1 Å². The minimum Gasteiger partial charge on any atom is -0.288 e. The molecule has 0 unspecified atom stereocenters. The van der Waals surface area contributed by atoms with E-state index in [9.17, 15) is 31.1 Å². The highest BCUT2D eigenvalue weighted by Crippen LogP contribution is 2.31. The first-order chi connectivity index (χ1) is 9.70. The molecule has 0 heterocycles. The standard InChI is InChI=1S/C14H6F6O/c15-8-2-3-9(12(17)6-8)13(21)10-5-7(14(18,19)20)1-4-11(10)16/h1-6H. The largest absolute Gasteiger partial charge is 0.416 e. The summed E-state index contributed by atoms with van der Waals surface area (Å²) < 4.78 is 77.3. The van der Waals surface area contributed by atoms with Crippen LogP contribution in [0.1, 0.15) is 21.5 Å². The van der Waals surface area contributed by atoms with Crippen LogP contribution in [-0.2, 0) is 6.18 Å². The highest BCUT2D eigenvalue weighted by molar-refractivity contribution is 6.09. The van der Waals surface area contributed by atoms with Crippen LogP contribution < -0.4 is 0 Å². The molecule has 1 nitrogen and oxygen atoms in total. The highest BCUT2D eigenvalue weighted by atomic mass is 19.4. The Morgan fingerprint density at radius 3 is 2.05 bits per heavy atom. The number of rotatable bonds is 2. The van der Waals surface area contributed by atoms with Crippen molar-refractivity contribution in [2.75, 3.05) is 0 Å². The van der Waals surface area contributed by atoms with Crippen LogP contribution in [0.2, 0.25) is 0 Å². The minimum absolute atomic E-state index is 0.292. The van der Waals surface area contributed by atoms with E-state index >= 15 is 0 Å². The van der Waals surface area contributed by atoms with E-state index < -0.39 is 46.1 Å². The lowest BCUT2D eigenvalue weighted by molar-refractivity contribution is -0.137. The summed E-state index contributed by atoms with van der Waals surface area (Å²) in [6, 6.07) is 3.11. The summed E-state index contributed by atoms with van der Waals surface area (Å²) >= 11 is 0. The monoisotopic (exact) mass is 304 g/mol. The van der Waals surface area contributed by atoms with Crippen LogP contribution in [0.25, 0.3) is 0 Å². The molecule has 2 aromatic carbocycles. The van der Waals surface area contributed by atoms with Gasteiger partial charge in [-0.2, -0.15) is 13.2 Å². The van der Waals surface area contributed by atoms with E-state index in [1.165, 1.54) is 0 Å². The molecule has 2 aromatic rings. The van der Waals surface area contributed by atoms with Gasteiger partial charge in [0.25, 0.3) is 0 Å². The number of carbonyl (C=O) groups is 1. The smallest absolute Gasteiger partial charge is 0.288 e. The Morgan fingerprint density at radius 1 is 0.810 bits per heavy atom. The van der Waals surface area contributed by atoms with Crippen LogP contribution in [-0.4, -0.2) is 5.78 Å². The van der Waals surface area contributed by atoms with Crippen LogP contribution in [0.5, 0.6) is 0 Å². The fraction of sp³-hybridized carbons (Fsp3) is 0.0714. The molecule has 0 atom stereocenters. The SMILES string of the molecule is O=C(c1ccc(F)cc1F)c1cc(C(F)(F)F)ccc1F. The normalized spacial score (nSPS) is 11.5. The molecule has 0 spiro atoms. The Bertz CT molecular complexity index is 705. The average molecular weight is 304 g/mol. The molecule has 0 aliphatic rings. The molecule has 0 saturated heterocycles. The zero-order chi connectivity index (χ0) is 15.8. The molecule has 7 heteroatoms. The lowest BCUT2D eigenvalue weighted by Crippen LogP contribution is -2.11. The van der Waals surface area contributed by atoms with Crippen molar-refractivity contribution in [3.05, 3.63) is 70.5 Å². The van der Waals surface area contributed by atoms with Gasteiger partial charge in [0.2, 0.25) is 0 Å². The van der Waals surface area contributed by atoms with Crippen molar-refractivity contribution >= 4 is 5.78 Å². The lowest BCUT2D eigenvalue weighted by atomic mass is 10.00. The minimum atomic E-state index is -4.77. The maximum atomic E-state index is 13.5. The number of benzene rings is 2. The first-order valence-corrected chi connectivity index (χ1v) is 5.56. The van der Waals surface area contributed by atoms with E-state index in [4.69, 9.17) is 0 Å². The first-order valence-electron chi connectivity index (χ1n) is 5.56. The predicted octanol–water partition coefficient (Wildman–Crippen LogP) is 4.35. The summed E-state index contributed by atoms with van der Waals surface area (Å²) in [5.41, 5.74) is -2.89. The van der Waals surface area contributed by atoms with Crippen LogP contribution in [0.4, 0.5) is 26.3 Å². The third-order valence-corrected chi connectivity index (χ3v) is 2.71. The number of halogens is 6. The summed E-state index contributed by atoms with van der Waals surface area (Å²) in [4.78, 5) is 11.9. The van der Waals surface area contributed by atoms with E-state index in [1.807, 2.05) is 0 Å². The Morgan fingerprint density at radius 2 is 1.48 bits per heavy atom. The molecule has 0 amide bonds. The fourth-order valence-corrected chi connectivity index (χ4v) is 1.69. The molecule has 21 heavy (non-hydrogen) atoms. The van der Waals surface area contributed by atoms with Crippen molar-refractivity contribution in [3.8, 4) is 0 Å². The fourth-order valence-electron chi connectivity index (χ4n) is 1.69. The van der Waals surface area contributed by atoms with Gasteiger partial charge in [-0.05, 0) is 30.3 Å². The van der Waals surface area contributed by atoms with Gasteiger partial charge >= 0.3 is 6.18 Å². The van der Waals surface area contributed by atoms with Gasteiger partial charge in [0.05, 0.1) is 16.7 Å². The number of alkyl halides is 3. The van der Waals surface area contributed by atoms with E-state index in [0.29, 0.717) is 24.3 Å². The molecule has 0 bridgehead atoms. The molecule has 0 aliphatic carbocycles. The summed E-state index contributed by atoms with van der Waals surface area (Å²) in [5.74, 6) is -4.77. The van der Waals surface area contributed by atoms with Crippen molar-refractivity contribution in [3.63, 3.8) is 0 Å². The van der Waals surface area contributed by atoms with Crippen LogP contribution >= 0.6 is 0 Å². The second-order valence-electron chi connectivity index (χ2n) is 4.15. The first kappa shape index (κ1) is 15.1. The Balaban J connectivity index is 2.53. The number of hydrogen-bond donors (Lipinski definition) is 0. The van der Waals surface area contributed by atoms with Crippen molar-refractivity contribution in [1.82, 2.24) is 0 Å². The van der Waals surface area contributed by atoms with Gasteiger partial charge in [0.1, 0.15) is 17.5 Å². The third-order valence-electron chi connectivity index (χ3n) is 2.71. The Kier molecular flexibility index (Phi) is 3.76. The van der Waals surface area contributed by atoms with Crippen molar-refractivity contribution in [1.29, 1.82) is 0 Å². The Labute approximate surface area is 114 Å². The van der Waals surface area contributed by atoms with Crippen LogP contribution in [0.15, 0.2) is 36.4 Å². The van der Waals surface area contributed by atoms with Crippen molar-refractivity contribution < 1.29 is 31.1 Å². The maximum Gasteiger partial charge on any atom is 0.416 e. The number of hydrogen-bond acceptors (Lipinski definition) is 1. The number of ketones is 1. The quantitative estimate of drug-likeness (QED) is 0.595. The topological polar surface area (TPSA) is 17.1 Å². The van der Waals surface area contributed by atoms with Crippen LogP contribution in [0, 0.1) is 17.5 Å². The zero-order valence-corrected chi connectivity index (χ0v) is 10.1. The predicted molar refractivity (Wildman–Crippen MR) is 61.2 cm³/mol. The van der Waals surface area contributed by atoms with Gasteiger partial charge in [-0.25, -0.2) is 13.2 Å². The lowest BCUT2D eigenvalue weighted by Gasteiger charge is -2.09. The van der Waals surface area contributed by atoms with Gasteiger partial charge < -0.3 is 0 Å². The summed E-state index contributed by atoms with van der Waals surface area (Å²) in [6.45, 7) is 0. The van der Waals surface area contributed by atoms with Gasteiger partial charge in [-0.1, -0.05) is 0 Å². The highest BCUT2D eigenvalue weighted by Gasteiger charge is 2.32. The molecule has 0 aliphatic heterocycles. The van der Waals surface area contributed by atoms with Crippen LogP contribution in [0.3, 0.4) is 0 Å². The molecule has 0 aromatic heterocycles. The second-order valence-corrected chi connectivity index (χ2v) is 4.15. The average Bonchev–Trinajstić information content (AvgIpc) is 2.37. The van der Waals surface area contributed by atoms with Crippen molar-refractivity contribution in [2.45, 2.75) is 6.18 Å². The molecular weight excluding hydrogens is 298 g/mol.